The van der Waals surface area contributed by atoms with Crippen LogP contribution < -0.4 is 5.32 Å². The minimum absolute atomic E-state index is 0.774. The molecule has 3 heteroatoms. The molecular formula is C15H15ClIN. The van der Waals surface area contributed by atoms with E-state index in [1.807, 2.05) is 18.2 Å². The van der Waals surface area contributed by atoms with Crippen LogP contribution in [0.1, 0.15) is 16.7 Å². The molecule has 0 saturated heterocycles. The van der Waals surface area contributed by atoms with Crippen LogP contribution in [0, 0.1) is 17.4 Å². The van der Waals surface area contributed by atoms with Crippen LogP contribution in [0.2, 0.25) is 5.02 Å². The second kappa shape index (κ2) is 5.93. The quantitative estimate of drug-likeness (QED) is 0.734. The van der Waals surface area contributed by atoms with Gasteiger partial charge in [0.2, 0.25) is 0 Å². The molecule has 0 heterocycles. The van der Waals surface area contributed by atoms with E-state index in [0.29, 0.717) is 0 Å². The van der Waals surface area contributed by atoms with Gasteiger partial charge in [0, 0.05) is 20.8 Å². The zero-order valence-corrected chi connectivity index (χ0v) is 13.3. The number of benzene rings is 2. The fourth-order valence-electron chi connectivity index (χ4n) is 1.74. The molecule has 0 aliphatic rings. The Kier molecular flexibility index (Phi) is 4.51. The lowest BCUT2D eigenvalue weighted by molar-refractivity contribution is 1.13. The van der Waals surface area contributed by atoms with Crippen molar-refractivity contribution in [2.75, 3.05) is 5.32 Å². The van der Waals surface area contributed by atoms with E-state index in [0.717, 1.165) is 20.8 Å². The van der Waals surface area contributed by atoms with Crippen molar-refractivity contribution in [3.8, 4) is 0 Å². The normalized spacial score (nSPS) is 10.4. The van der Waals surface area contributed by atoms with E-state index in [9.17, 15) is 0 Å². The first-order valence-corrected chi connectivity index (χ1v) is 7.27. The number of hydrogen-bond acceptors (Lipinski definition) is 1. The van der Waals surface area contributed by atoms with E-state index in [1.54, 1.807) is 0 Å². The zero-order valence-electron chi connectivity index (χ0n) is 10.4. The van der Waals surface area contributed by atoms with Crippen molar-refractivity contribution >= 4 is 39.9 Å². The van der Waals surface area contributed by atoms with Crippen LogP contribution >= 0.6 is 34.2 Å². The second-order valence-corrected chi connectivity index (χ2v) is 5.99. The monoisotopic (exact) mass is 371 g/mol. The van der Waals surface area contributed by atoms with Crippen molar-refractivity contribution in [3.05, 3.63) is 61.7 Å². The molecule has 18 heavy (non-hydrogen) atoms. The molecule has 0 aliphatic carbocycles. The number of anilines is 1. The Labute approximate surface area is 127 Å². The minimum atomic E-state index is 0.774. The molecule has 0 amide bonds. The van der Waals surface area contributed by atoms with Crippen molar-refractivity contribution in [3.63, 3.8) is 0 Å². The number of halogens is 2. The third-order valence-electron chi connectivity index (χ3n) is 2.99. The minimum Gasteiger partial charge on any atom is -0.380 e. The number of hydrogen-bond donors (Lipinski definition) is 1. The average molecular weight is 372 g/mol. The van der Waals surface area contributed by atoms with Gasteiger partial charge < -0.3 is 5.32 Å². The zero-order chi connectivity index (χ0) is 13.1. The summed E-state index contributed by atoms with van der Waals surface area (Å²) in [4.78, 5) is 0. The van der Waals surface area contributed by atoms with Crippen LogP contribution in [0.5, 0.6) is 0 Å². The van der Waals surface area contributed by atoms with Crippen molar-refractivity contribution < 1.29 is 0 Å². The van der Waals surface area contributed by atoms with Gasteiger partial charge in [0.15, 0.2) is 0 Å². The second-order valence-electron chi connectivity index (χ2n) is 4.40. The smallest absolute Gasteiger partial charge is 0.0479 e. The Morgan fingerprint density at radius 1 is 1.06 bits per heavy atom. The van der Waals surface area contributed by atoms with Crippen molar-refractivity contribution in [1.82, 2.24) is 0 Å². The molecule has 0 aromatic heterocycles. The fraction of sp³-hybridized carbons (Fsp3) is 0.200. The molecule has 1 nitrogen and oxygen atoms in total. The van der Waals surface area contributed by atoms with Crippen LogP contribution in [0.15, 0.2) is 36.4 Å². The van der Waals surface area contributed by atoms with Gasteiger partial charge in [-0.15, -0.1) is 0 Å². The third kappa shape index (κ3) is 3.39. The van der Waals surface area contributed by atoms with Gasteiger partial charge in [-0.1, -0.05) is 29.8 Å². The van der Waals surface area contributed by atoms with Gasteiger partial charge in [0.05, 0.1) is 0 Å². The van der Waals surface area contributed by atoms with E-state index in [2.05, 4.69) is 60.0 Å². The van der Waals surface area contributed by atoms with Crippen LogP contribution in [0.4, 0.5) is 5.69 Å². The molecule has 0 bridgehead atoms. The number of nitrogens with one attached hydrogen (secondary N) is 1. The molecule has 2 aromatic rings. The van der Waals surface area contributed by atoms with Crippen molar-refractivity contribution in [2.24, 2.45) is 0 Å². The van der Waals surface area contributed by atoms with Gasteiger partial charge in [0.25, 0.3) is 0 Å². The lowest BCUT2D eigenvalue weighted by atomic mass is 10.1. The van der Waals surface area contributed by atoms with Gasteiger partial charge in [-0.05, 0) is 71.3 Å². The van der Waals surface area contributed by atoms with E-state index in [1.165, 1.54) is 16.7 Å². The number of aryl methyl sites for hydroxylation is 2. The van der Waals surface area contributed by atoms with Crippen molar-refractivity contribution in [1.29, 1.82) is 0 Å². The van der Waals surface area contributed by atoms with Crippen LogP contribution in [0.25, 0.3) is 0 Å². The predicted octanol–water partition coefficient (Wildman–Crippen LogP) is 5.17. The first kappa shape index (κ1) is 13.7. The van der Waals surface area contributed by atoms with E-state index >= 15 is 0 Å². The summed E-state index contributed by atoms with van der Waals surface area (Å²) in [6.45, 7) is 5.11. The molecule has 2 rings (SSSR count). The standard InChI is InChI=1S/C15H15ClIN/c1-10-3-4-12(7-11(10)2)9-18-15-6-5-13(16)8-14(15)17/h3-8,18H,9H2,1-2H3. The summed E-state index contributed by atoms with van der Waals surface area (Å²) in [6.07, 6.45) is 0. The molecule has 94 valence electrons. The highest BCUT2D eigenvalue weighted by molar-refractivity contribution is 14.1. The summed E-state index contributed by atoms with van der Waals surface area (Å²) in [5.74, 6) is 0. The predicted molar refractivity (Wildman–Crippen MR) is 87.4 cm³/mol. The van der Waals surface area contributed by atoms with Gasteiger partial charge in [-0.2, -0.15) is 0 Å². The van der Waals surface area contributed by atoms with Gasteiger partial charge in [-0.3, -0.25) is 0 Å². The summed E-state index contributed by atoms with van der Waals surface area (Å²) >= 11 is 8.23. The highest BCUT2D eigenvalue weighted by Gasteiger charge is 2.01. The highest BCUT2D eigenvalue weighted by atomic mass is 127. The maximum atomic E-state index is 5.94. The summed E-state index contributed by atoms with van der Waals surface area (Å²) in [5.41, 5.74) is 5.09. The first-order chi connectivity index (χ1) is 8.56. The van der Waals surface area contributed by atoms with E-state index < -0.39 is 0 Å². The lowest BCUT2D eigenvalue weighted by Crippen LogP contribution is -2.01. The topological polar surface area (TPSA) is 12.0 Å². The third-order valence-corrected chi connectivity index (χ3v) is 4.11. The molecule has 2 aromatic carbocycles. The summed E-state index contributed by atoms with van der Waals surface area (Å²) in [5, 5.41) is 4.21. The highest BCUT2D eigenvalue weighted by Crippen LogP contribution is 2.23. The van der Waals surface area contributed by atoms with Gasteiger partial charge in [0.1, 0.15) is 0 Å². The summed E-state index contributed by atoms with van der Waals surface area (Å²) < 4.78 is 1.14. The Morgan fingerprint density at radius 2 is 1.83 bits per heavy atom. The molecule has 0 radical (unpaired) electrons. The van der Waals surface area contributed by atoms with Crippen LogP contribution in [0.3, 0.4) is 0 Å². The lowest BCUT2D eigenvalue weighted by Gasteiger charge is -2.10. The fourth-order valence-corrected chi connectivity index (χ4v) is 2.81. The molecule has 0 fully saturated rings. The molecule has 1 N–H and O–H groups in total. The molecule has 0 saturated carbocycles. The summed E-state index contributed by atoms with van der Waals surface area (Å²) in [6, 6.07) is 12.4. The average Bonchev–Trinajstić information content (AvgIpc) is 2.32. The summed E-state index contributed by atoms with van der Waals surface area (Å²) in [7, 11) is 0. The number of rotatable bonds is 3. The molecular weight excluding hydrogens is 357 g/mol. The first-order valence-electron chi connectivity index (χ1n) is 5.81. The van der Waals surface area contributed by atoms with Crippen molar-refractivity contribution in [2.45, 2.75) is 20.4 Å². The SMILES string of the molecule is Cc1ccc(CNc2ccc(Cl)cc2I)cc1C. The Morgan fingerprint density at radius 3 is 2.50 bits per heavy atom. The molecule has 0 unspecified atom stereocenters. The largest absolute Gasteiger partial charge is 0.380 e. The van der Waals surface area contributed by atoms with E-state index in [-0.39, 0.29) is 0 Å². The van der Waals surface area contributed by atoms with Crippen LogP contribution in [-0.4, -0.2) is 0 Å². The Bertz CT molecular complexity index is 566. The maximum Gasteiger partial charge on any atom is 0.0479 e. The molecule has 0 atom stereocenters. The Balaban J connectivity index is 2.09. The van der Waals surface area contributed by atoms with Gasteiger partial charge >= 0.3 is 0 Å². The van der Waals surface area contributed by atoms with Gasteiger partial charge in [-0.25, -0.2) is 0 Å². The Hall–Kier alpha value is -0.740. The van der Waals surface area contributed by atoms with Crippen LogP contribution in [-0.2, 0) is 6.54 Å². The maximum absolute atomic E-state index is 5.94. The molecule has 0 spiro atoms. The molecule has 0 aliphatic heterocycles. The van der Waals surface area contributed by atoms with E-state index in [4.69, 9.17) is 11.6 Å².